The molecule has 0 bridgehead atoms. The molecule has 144 valence electrons. The molecule has 4 heterocycles. The highest BCUT2D eigenvalue weighted by Gasteiger charge is 2.29. The van der Waals surface area contributed by atoms with Gasteiger partial charge in [0.05, 0.1) is 18.8 Å². The third-order valence-corrected chi connectivity index (χ3v) is 5.18. The number of H-pyrrole nitrogens is 1. The highest BCUT2D eigenvalue weighted by Crippen LogP contribution is 2.24. The van der Waals surface area contributed by atoms with Crippen molar-refractivity contribution in [1.82, 2.24) is 25.1 Å². The second kappa shape index (κ2) is 7.64. The van der Waals surface area contributed by atoms with Gasteiger partial charge < -0.3 is 14.5 Å². The number of aromatic nitrogens is 4. The van der Waals surface area contributed by atoms with E-state index in [4.69, 9.17) is 9.72 Å². The molecule has 2 saturated heterocycles. The number of amides is 1. The van der Waals surface area contributed by atoms with Gasteiger partial charge in [0, 0.05) is 31.5 Å². The first-order valence-electron chi connectivity index (χ1n) is 9.66. The quantitative estimate of drug-likeness (QED) is 0.887. The monoisotopic (exact) mass is 370 g/mol. The number of morpholine rings is 1. The van der Waals surface area contributed by atoms with E-state index >= 15 is 0 Å². The summed E-state index contributed by atoms with van der Waals surface area (Å²) in [4.78, 5) is 25.9. The van der Waals surface area contributed by atoms with Crippen molar-refractivity contribution >= 4 is 11.9 Å². The molecule has 2 aliphatic rings. The van der Waals surface area contributed by atoms with Crippen LogP contribution in [0.5, 0.6) is 0 Å². The van der Waals surface area contributed by atoms with Crippen molar-refractivity contribution in [3.63, 3.8) is 0 Å². The summed E-state index contributed by atoms with van der Waals surface area (Å²) >= 11 is 0. The van der Waals surface area contributed by atoms with E-state index in [1.54, 1.807) is 11.1 Å². The zero-order valence-corrected chi connectivity index (χ0v) is 15.9. The van der Waals surface area contributed by atoms with Gasteiger partial charge in [-0.25, -0.2) is 9.97 Å². The number of nitrogens with zero attached hydrogens (tertiary/aromatic N) is 5. The van der Waals surface area contributed by atoms with Crippen LogP contribution in [0.2, 0.25) is 0 Å². The SMILES string of the molecule is CC(C)c1cc(C(=O)N2CCO[C@H](c3ccnc(N4CCCC4)n3)C2)n[nH]1. The van der Waals surface area contributed by atoms with Crippen molar-refractivity contribution in [2.24, 2.45) is 0 Å². The Labute approximate surface area is 158 Å². The fourth-order valence-corrected chi connectivity index (χ4v) is 3.53. The first kappa shape index (κ1) is 17.9. The van der Waals surface area contributed by atoms with Gasteiger partial charge in [0.2, 0.25) is 5.95 Å². The van der Waals surface area contributed by atoms with Crippen molar-refractivity contribution in [3.8, 4) is 0 Å². The topological polar surface area (TPSA) is 87.2 Å². The van der Waals surface area contributed by atoms with Gasteiger partial charge in [0.25, 0.3) is 5.91 Å². The molecule has 2 aliphatic heterocycles. The molecule has 0 unspecified atom stereocenters. The van der Waals surface area contributed by atoms with Gasteiger partial charge in [0.1, 0.15) is 11.8 Å². The standard InChI is InChI=1S/C19H26N6O2/c1-13(2)15-11-16(23-22-15)18(26)25-9-10-27-17(12-25)14-5-6-20-19(21-14)24-7-3-4-8-24/h5-6,11,13,17H,3-4,7-10,12H2,1-2H3,(H,22,23)/t17-/m0/s1. The Hall–Kier alpha value is -2.48. The molecular formula is C19H26N6O2. The van der Waals surface area contributed by atoms with Gasteiger partial charge in [0.15, 0.2) is 0 Å². The van der Waals surface area contributed by atoms with Gasteiger partial charge in [-0.15, -0.1) is 0 Å². The summed E-state index contributed by atoms with van der Waals surface area (Å²) in [6.45, 7) is 7.65. The maximum absolute atomic E-state index is 12.8. The van der Waals surface area contributed by atoms with Crippen LogP contribution in [0, 0.1) is 0 Å². The maximum Gasteiger partial charge on any atom is 0.274 e. The van der Waals surface area contributed by atoms with Gasteiger partial charge >= 0.3 is 0 Å². The average molecular weight is 370 g/mol. The molecule has 27 heavy (non-hydrogen) atoms. The second-order valence-corrected chi connectivity index (χ2v) is 7.45. The summed E-state index contributed by atoms with van der Waals surface area (Å²) in [6, 6.07) is 3.72. The second-order valence-electron chi connectivity index (χ2n) is 7.45. The Bertz CT molecular complexity index is 799. The first-order chi connectivity index (χ1) is 13.1. The van der Waals surface area contributed by atoms with E-state index in [2.05, 4.69) is 33.9 Å². The smallest absolute Gasteiger partial charge is 0.274 e. The van der Waals surface area contributed by atoms with Crippen LogP contribution < -0.4 is 4.90 Å². The van der Waals surface area contributed by atoms with Crippen molar-refractivity contribution in [1.29, 1.82) is 0 Å². The molecule has 1 N–H and O–H groups in total. The molecule has 8 heteroatoms. The summed E-state index contributed by atoms with van der Waals surface area (Å²) in [5.41, 5.74) is 2.25. The highest BCUT2D eigenvalue weighted by atomic mass is 16.5. The van der Waals surface area contributed by atoms with Crippen LogP contribution in [0.3, 0.4) is 0 Å². The zero-order valence-electron chi connectivity index (χ0n) is 15.9. The Morgan fingerprint density at radius 1 is 1.30 bits per heavy atom. The number of hydrogen-bond acceptors (Lipinski definition) is 6. The molecular weight excluding hydrogens is 344 g/mol. The third kappa shape index (κ3) is 3.80. The molecule has 0 aromatic carbocycles. The summed E-state index contributed by atoms with van der Waals surface area (Å²) < 4.78 is 5.91. The van der Waals surface area contributed by atoms with E-state index in [-0.39, 0.29) is 12.0 Å². The Morgan fingerprint density at radius 2 is 2.11 bits per heavy atom. The lowest BCUT2D eigenvalue weighted by molar-refractivity contribution is -0.0249. The number of carbonyl (C=O) groups excluding carboxylic acids is 1. The molecule has 0 saturated carbocycles. The van der Waals surface area contributed by atoms with Gasteiger partial charge in [-0.3, -0.25) is 9.89 Å². The van der Waals surface area contributed by atoms with Crippen LogP contribution >= 0.6 is 0 Å². The van der Waals surface area contributed by atoms with Crippen LogP contribution in [0.1, 0.15) is 60.6 Å². The molecule has 1 atom stereocenters. The minimum atomic E-state index is -0.240. The largest absolute Gasteiger partial charge is 0.368 e. The van der Waals surface area contributed by atoms with Crippen LogP contribution in [0.25, 0.3) is 0 Å². The highest BCUT2D eigenvalue weighted by molar-refractivity contribution is 5.92. The number of carbonyl (C=O) groups is 1. The molecule has 8 nitrogen and oxygen atoms in total. The number of hydrogen-bond donors (Lipinski definition) is 1. The lowest BCUT2D eigenvalue weighted by atomic mass is 10.1. The van der Waals surface area contributed by atoms with E-state index in [9.17, 15) is 4.79 Å². The Kier molecular flexibility index (Phi) is 5.07. The molecule has 0 aliphatic carbocycles. The molecule has 2 aromatic heterocycles. The van der Waals surface area contributed by atoms with Crippen LogP contribution in [-0.2, 0) is 4.74 Å². The fraction of sp³-hybridized carbons (Fsp3) is 0.579. The van der Waals surface area contributed by atoms with E-state index in [1.165, 1.54) is 12.8 Å². The maximum atomic E-state index is 12.8. The van der Waals surface area contributed by atoms with Crippen molar-refractivity contribution in [3.05, 3.63) is 35.4 Å². The predicted molar refractivity (Wildman–Crippen MR) is 101 cm³/mol. The van der Waals surface area contributed by atoms with Crippen LogP contribution in [0.15, 0.2) is 18.3 Å². The average Bonchev–Trinajstić information content (AvgIpc) is 3.40. The molecule has 0 radical (unpaired) electrons. The molecule has 0 spiro atoms. The fourth-order valence-electron chi connectivity index (χ4n) is 3.53. The van der Waals surface area contributed by atoms with E-state index in [0.717, 1.165) is 30.4 Å². The van der Waals surface area contributed by atoms with Crippen molar-refractivity contribution < 1.29 is 9.53 Å². The van der Waals surface area contributed by atoms with E-state index in [1.807, 2.05) is 12.1 Å². The Morgan fingerprint density at radius 3 is 2.85 bits per heavy atom. The predicted octanol–water partition coefficient (Wildman–Crippen LogP) is 2.14. The lowest BCUT2D eigenvalue weighted by Gasteiger charge is -2.32. The number of ether oxygens (including phenoxy) is 1. The van der Waals surface area contributed by atoms with Gasteiger partial charge in [-0.05, 0) is 30.9 Å². The van der Waals surface area contributed by atoms with Crippen molar-refractivity contribution in [2.45, 2.75) is 38.7 Å². The van der Waals surface area contributed by atoms with Gasteiger partial charge in [-0.1, -0.05) is 13.8 Å². The normalized spacial score (nSPS) is 20.5. The Balaban J connectivity index is 1.47. The number of aromatic amines is 1. The lowest BCUT2D eigenvalue weighted by Crippen LogP contribution is -2.42. The first-order valence-corrected chi connectivity index (χ1v) is 9.66. The minimum Gasteiger partial charge on any atom is -0.368 e. The molecule has 1 amide bonds. The van der Waals surface area contributed by atoms with Crippen LogP contribution in [0.4, 0.5) is 5.95 Å². The summed E-state index contributed by atoms with van der Waals surface area (Å²) in [5, 5.41) is 7.14. The number of anilines is 1. The van der Waals surface area contributed by atoms with E-state index in [0.29, 0.717) is 31.3 Å². The van der Waals surface area contributed by atoms with Crippen LogP contribution in [-0.4, -0.2) is 63.8 Å². The summed E-state index contributed by atoms with van der Waals surface area (Å²) in [7, 11) is 0. The number of rotatable bonds is 4. The minimum absolute atomic E-state index is 0.0692. The van der Waals surface area contributed by atoms with E-state index < -0.39 is 0 Å². The third-order valence-electron chi connectivity index (χ3n) is 5.18. The molecule has 2 aromatic rings. The van der Waals surface area contributed by atoms with Crippen molar-refractivity contribution in [2.75, 3.05) is 37.7 Å². The zero-order chi connectivity index (χ0) is 18.8. The summed E-state index contributed by atoms with van der Waals surface area (Å²) in [6.07, 6.45) is 3.90. The van der Waals surface area contributed by atoms with Gasteiger partial charge in [-0.2, -0.15) is 5.10 Å². The molecule has 2 fully saturated rings. The number of nitrogens with one attached hydrogen (secondary N) is 1. The molecule has 4 rings (SSSR count). The summed E-state index contributed by atoms with van der Waals surface area (Å²) in [5.74, 6) is 0.993.